The Morgan fingerprint density at radius 2 is 1.71 bits per heavy atom. The molecule has 1 aromatic rings. The maximum absolute atomic E-state index is 3.27. The van der Waals surface area contributed by atoms with Crippen molar-refractivity contribution in [2.24, 2.45) is 5.92 Å². The molecule has 1 nitrogen and oxygen atoms in total. The maximum Gasteiger partial charge on any atom is -0.00231 e. The zero-order valence-electron chi connectivity index (χ0n) is 11.6. The van der Waals surface area contributed by atoms with Crippen LogP contribution in [-0.4, -0.2) is 13.6 Å². The van der Waals surface area contributed by atoms with Gasteiger partial charge in [0.1, 0.15) is 0 Å². The summed E-state index contributed by atoms with van der Waals surface area (Å²) in [6.45, 7) is 7.99. The fraction of sp³-hybridized carbons (Fsp3) is 0.625. The van der Waals surface area contributed by atoms with Crippen molar-refractivity contribution in [1.29, 1.82) is 0 Å². The highest BCUT2D eigenvalue weighted by Gasteiger charge is 2.29. The smallest absolute Gasteiger partial charge is 0.00231 e. The van der Waals surface area contributed by atoms with Crippen LogP contribution in [0, 0.1) is 5.92 Å². The normalized spacial score (nSPS) is 24.5. The first kappa shape index (κ1) is 12.6. The van der Waals surface area contributed by atoms with Crippen LogP contribution in [0.4, 0.5) is 0 Å². The summed E-state index contributed by atoms with van der Waals surface area (Å²) in [6, 6.07) is 9.28. The zero-order chi connectivity index (χ0) is 12.5. The van der Waals surface area contributed by atoms with Gasteiger partial charge in [0.05, 0.1) is 0 Å². The molecular weight excluding hydrogens is 206 g/mol. The fourth-order valence-corrected chi connectivity index (χ4v) is 2.72. The van der Waals surface area contributed by atoms with Crippen LogP contribution in [0.1, 0.15) is 50.7 Å². The molecule has 0 radical (unpaired) electrons. The van der Waals surface area contributed by atoms with Crippen LogP contribution in [0.2, 0.25) is 0 Å². The molecule has 0 aliphatic heterocycles. The highest BCUT2D eigenvalue weighted by Crippen LogP contribution is 2.41. The lowest BCUT2D eigenvalue weighted by atomic mass is 9.71. The molecule has 0 unspecified atom stereocenters. The molecule has 0 amide bonds. The quantitative estimate of drug-likeness (QED) is 0.836. The van der Waals surface area contributed by atoms with Crippen LogP contribution in [0.3, 0.4) is 0 Å². The van der Waals surface area contributed by atoms with Gasteiger partial charge in [-0.1, -0.05) is 45.0 Å². The third-order valence-electron chi connectivity index (χ3n) is 3.98. The first-order valence-corrected chi connectivity index (χ1v) is 6.75. The molecule has 1 aliphatic carbocycles. The van der Waals surface area contributed by atoms with Gasteiger partial charge in [-0.2, -0.15) is 0 Å². The first-order valence-electron chi connectivity index (χ1n) is 6.75. The third kappa shape index (κ3) is 2.90. The Bertz CT molecular complexity index is 352. The molecule has 1 aliphatic rings. The van der Waals surface area contributed by atoms with Gasteiger partial charge in [-0.3, -0.25) is 0 Å². The molecule has 1 heteroatoms. The lowest BCUT2D eigenvalue weighted by Gasteiger charge is -2.36. The fourth-order valence-electron chi connectivity index (χ4n) is 2.72. The van der Waals surface area contributed by atoms with Crippen molar-refractivity contribution in [3.63, 3.8) is 0 Å². The molecule has 17 heavy (non-hydrogen) atoms. The Hall–Kier alpha value is -0.820. The van der Waals surface area contributed by atoms with Gasteiger partial charge < -0.3 is 5.32 Å². The summed E-state index contributed by atoms with van der Waals surface area (Å²) in [5.41, 5.74) is 3.24. The predicted molar refractivity (Wildman–Crippen MR) is 74.5 cm³/mol. The molecule has 1 saturated carbocycles. The summed E-state index contributed by atoms with van der Waals surface area (Å²) >= 11 is 0. The molecule has 0 atom stereocenters. The number of rotatable bonds is 3. The van der Waals surface area contributed by atoms with E-state index >= 15 is 0 Å². The Labute approximate surface area is 106 Å². The number of hydrogen-bond acceptors (Lipinski definition) is 1. The van der Waals surface area contributed by atoms with Gasteiger partial charge in [0.15, 0.2) is 0 Å². The average Bonchev–Trinajstić information content (AvgIpc) is 2.22. The summed E-state index contributed by atoms with van der Waals surface area (Å²) < 4.78 is 0. The Kier molecular flexibility index (Phi) is 3.58. The average molecular weight is 231 g/mol. The van der Waals surface area contributed by atoms with Crippen LogP contribution in [0.5, 0.6) is 0 Å². The minimum Gasteiger partial charge on any atom is -0.319 e. The Morgan fingerprint density at radius 3 is 2.18 bits per heavy atom. The first-order chi connectivity index (χ1) is 8.00. The van der Waals surface area contributed by atoms with E-state index in [9.17, 15) is 0 Å². The summed E-state index contributed by atoms with van der Waals surface area (Å²) in [7, 11) is 2.05. The second-order valence-corrected chi connectivity index (χ2v) is 6.46. The van der Waals surface area contributed by atoms with E-state index in [0.29, 0.717) is 0 Å². The topological polar surface area (TPSA) is 12.0 Å². The van der Waals surface area contributed by atoms with Crippen LogP contribution in [0.25, 0.3) is 0 Å². The van der Waals surface area contributed by atoms with E-state index in [4.69, 9.17) is 0 Å². The number of benzene rings is 1. The predicted octanol–water partition coefficient (Wildman–Crippen LogP) is 3.70. The molecule has 1 aromatic carbocycles. The van der Waals surface area contributed by atoms with Gasteiger partial charge in [-0.25, -0.2) is 0 Å². The van der Waals surface area contributed by atoms with Crippen molar-refractivity contribution in [3.8, 4) is 0 Å². The Balaban J connectivity index is 1.96. The minimum absolute atomic E-state index is 0.271. The second kappa shape index (κ2) is 4.81. The standard InChI is InChI=1S/C16H25N/c1-16(2,3)15-7-5-13(6-8-15)14-9-12(10-14)11-17-4/h5-8,12,14,17H,9-11H2,1-4H3. The van der Waals surface area contributed by atoms with Crippen molar-refractivity contribution in [2.75, 3.05) is 13.6 Å². The second-order valence-electron chi connectivity index (χ2n) is 6.46. The summed E-state index contributed by atoms with van der Waals surface area (Å²) in [6.07, 6.45) is 2.71. The summed E-state index contributed by atoms with van der Waals surface area (Å²) in [5.74, 6) is 1.70. The monoisotopic (exact) mass is 231 g/mol. The minimum atomic E-state index is 0.271. The van der Waals surface area contributed by atoms with Crippen molar-refractivity contribution >= 4 is 0 Å². The number of nitrogens with one attached hydrogen (secondary N) is 1. The molecule has 1 N–H and O–H groups in total. The van der Waals surface area contributed by atoms with Crippen LogP contribution in [-0.2, 0) is 5.41 Å². The maximum atomic E-state index is 3.27. The SMILES string of the molecule is CNCC1CC(c2ccc(C(C)(C)C)cc2)C1. The van der Waals surface area contributed by atoms with Crippen molar-refractivity contribution in [3.05, 3.63) is 35.4 Å². The lowest BCUT2D eigenvalue weighted by Crippen LogP contribution is -2.30. The van der Waals surface area contributed by atoms with Crippen LogP contribution < -0.4 is 5.32 Å². The van der Waals surface area contributed by atoms with E-state index in [1.54, 1.807) is 0 Å². The molecule has 2 rings (SSSR count). The molecule has 0 saturated heterocycles. The van der Waals surface area contributed by atoms with E-state index in [1.165, 1.54) is 30.5 Å². The van der Waals surface area contributed by atoms with E-state index in [-0.39, 0.29) is 5.41 Å². The van der Waals surface area contributed by atoms with Crippen LogP contribution >= 0.6 is 0 Å². The van der Waals surface area contributed by atoms with E-state index < -0.39 is 0 Å². The molecular formula is C16H25N. The summed E-state index contributed by atoms with van der Waals surface area (Å²) in [5, 5.41) is 3.27. The molecule has 0 bridgehead atoms. The van der Waals surface area contributed by atoms with Crippen molar-refractivity contribution in [1.82, 2.24) is 5.32 Å². The van der Waals surface area contributed by atoms with Crippen LogP contribution in [0.15, 0.2) is 24.3 Å². The van der Waals surface area contributed by atoms with Gasteiger partial charge >= 0.3 is 0 Å². The Morgan fingerprint density at radius 1 is 1.12 bits per heavy atom. The van der Waals surface area contributed by atoms with Gasteiger partial charge in [0.2, 0.25) is 0 Å². The van der Waals surface area contributed by atoms with Crippen molar-refractivity contribution < 1.29 is 0 Å². The molecule has 1 fully saturated rings. The van der Waals surface area contributed by atoms with E-state index in [2.05, 4.69) is 50.4 Å². The lowest BCUT2D eigenvalue weighted by molar-refractivity contribution is 0.259. The molecule has 0 spiro atoms. The number of hydrogen-bond donors (Lipinski definition) is 1. The van der Waals surface area contributed by atoms with E-state index in [0.717, 1.165) is 11.8 Å². The molecule has 0 heterocycles. The summed E-state index contributed by atoms with van der Waals surface area (Å²) in [4.78, 5) is 0. The van der Waals surface area contributed by atoms with Gasteiger partial charge in [-0.15, -0.1) is 0 Å². The molecule has 94 valence electrons. The van der Waals surface area contributed by atoms with Gasteiger partial charge in [0.25, 0.3) is 0 Å². The van der Waals surface area contributed by atoms with Crippen molar-refractivity contribution in [2.45, 2.75) is 44.9 Å². The highest BCUT2D eigenvalue weighted by atomic mass is 14.8. The highest BCUT2D eigenvalue weighted by molar-refractivity contribution is 5.30. The largest absolute Gasteiger partial charge is 0.319 e. The molecule has 0 aromatic heterocycles. The van der Waals surface area contributed by atoms with Gasteiger partial charge in [0, 0.05) is 0 Å². The zero-order valence-corrected chi connectivity index (χ0v) is 11.6. The van der Waals surface area contributed by atoms with E-state index in [1.807, 2.05) is 7.05 Å². The van der Waals surface area contributed by atoms with Gasteiger partial charge in [-0.05, 0) is 54.8 Å². The third-order valence-corrected chi connectivity index (χ3v) is 3.98.